The van der Waals surface area contributed by atoms with Crippen molar-refractivity contribution in [3.63, 3.8) is 0 Å². The quantitative estimate of drug-likeness (QED) is 0.161. The van der Waals surface area contributed by atoms with Gasteiger partial charge < -0.3 is 4.90 Å². The molecule has 0 N–H and O–H groups in total. The second kappa shape index (κ2) is 16.3. The van der Waals surface area contributed by atoms with Gasteiger partial charge in [-0.1, -0.05) is 182 Å². The third kappa shape index (κ3) is 5.51. The van der Waals surface area contributed by atoms with Gasteiger partial charge in [0.2, 0.25) is 0 Å². The number of benzene rings is 10. The standard InChI is InChI=1S/C41H24B2N4.C33H18BN5/c1-2-13-25(14-3-1)45-33-22-9-5-17-28(33)42-29-18-6-10-23-34(29)46-35-24-11-7-19-30(35)43-31-20-12-16-27-26-15-4-8-21-32(26)47(38(27)31)41-37(43)39(46)36(42)40(45)44-41;1-3-13-26-20(7-1)22-9-5-11-24-29(22)38(26)32-28-33(37-31(36-32)19-15-17-35-18-16-19)39-27-14-4-2-8-21(27)23-10-6-12-25(30(23)39)34(24)28/h1-24H;1-18H. The maximum absolute atomic E-state index is 5.88. The lowest BCUT2D eigenvalue weighted by atomic mass is 9.29. The number of fused-ring (bicyclic) bond motifs is 23. The van der Waals surface area contributed by atoms with Gasteiger partial charge >= 0.3 is 0 Å². The van der Waals surface area contributed by atoms with Gasteiger partial charge in [0.25, 0.3) is 20.1 Å². The minimum absolute atomic E-state index is 0.0440. The highest BCUT2D eigenvalue weighted by molar-refractivity contribution is 7.04. The van der Waals surface area contributed by atoms with Crippen molar-refractivity contribution >= 4 is 169 Å². The van der Waals surface area contributed by atoms with Crippen LogP contribution in [-0.2, 0) is 0 Å². The van der Waals surface area contributed by atoms with Gasteiger partial charge in [-0.3, -0.25) is 23.6 Å². The van der Waals surface area contributed by atoms with E-state index in [9.17, 15) is 0 Å². The Morgan fingerprint density at radius 2 is 0.651 bits per heavy atom. The molecule has 16 aromatic rings. The Balaban J connectivity index is 0.000000121. The normalized spacial score (nSPS) is 13.7. The molecule has 0 unspecified atom stereocenters. The van der Waals surface area contributed by atoms with Crippen LogP contribution >= 0.6 is 0 Å². The number of rotatable bonds is 2. The molecule has 86 heavy (non-hydrogen) atoms. The Morgan fingerprint density at radius 1 is 0.279 bits per heavy atom. The SMILES string of the molecule is c1ccc(N2c3ccccc3B3c4ccccc4N4c5ccccc5B5c6c(nc2c3c64)-n2c3ccccc3c3cccc5c32)cc1.c1ccc2c(c1)c1cccc3c1n2-c1nc(-c2ccncc2)nc2c1B3c1cccc3c4ccccc4n-2c13. The summed E-state index contributed by atoms with van der Waals surface area (Å²) in [6, 6.07) is 88.3. The van der Waals surface area contributed by atoms with Gasteiger partial charge in [0.05, 0.1) is 33.1 Å². The molecule has 0 amide bonds. The fourth-order valence-electron chi connectivity index (χ4n) is 16.4. The van der Waals surface area contributed by atoms with Crippen molar-refractivity contribution in [1.29, 1.82) is 0 Å². The lowest BCUT2D eigenvalue weighted by Crippen LogP contribution is -2.68. The third-order valence-corrected chi connectivity index (χ3v) is 19.6. The van der Waals surface area contributed by atoms with Crippen molar-refractivity contribution in [2.24, 2.45) is 0 Å². The van der Waals surface area contributed by atoms with Gasteiger partial charge in [0, 0.05) is 84.2 Å². The van der Waals surface area contributed by atoms with Crippen LogP contribution in [0.15, 0.2) is 255 Å². The van der Waals surface area contributed by atoms with E-state index in [0.29, 0.717) is 5.82 Å². The summed E-state index contributed by atoms with van der Waals surface area (Å²) in [6.45, 7) is 0.174. The van der Waals surface area contributed by atoms with Gasteiger partial charge in [-0.15, -0.1) is 0 Å². The number of hydrogen-bond donors (Lipinski definition) is 0. The van der Waals surface area contributed by atoms with Gasteiger partial charge in [-0.05, 0) is 104 Å². The topological polar surface area (TPSA) is 72.8 Å². The van der Waals surface area contributed by atoms with E-state index >= 15 is 0 Å². The molecule has 0 bridgehead atoms. The minimum atomic E-state index is 0.0440. The molecule has 0 fully saturated rings. The van der Waals surface area contributed by atoms with Crippen molar-refractivity contribution < 1.29 is 0 Å². The Hall–Kier alpha value is -11.2. The van der Waals surface area contributed by atoms with Gasteiger partial charge in [-0.25, -0.2) is 15.0 Å². The van der Waals surface area contributed by atoms with Crippen LogP contribution in [0.1, 0.15) is 0 Å². The highest BCUT2D eigenvalue weighted by atomic mass is 15.3. The summed E-state index contributed by atoms with van der Waals surface area (Å²) < 4.78 is 7.21. The second-order valence-corrected chi connectivity index (χ2v) is 23.5. The zero-order valence-electron chi connectivity index (χ0n) is 46.0. The smallest absolute Gasteiger partial charge is 0.256 e. The first-order chi connectivity index (χ1) is 42.8. The Labute approximate surface area is 493 Å². The maximum atomic E-state index is 5.88. The van der Waals surface area contributed by atoms with E-state index in [1.165, 1.54) is 132 Å². The van der Waals surface area contributed by atoms with E-state index < -0.39 is 0 Å². The van der Waals surface area contributed by atoms with Crippen molar-refractivity contribution in [2.45, 2.75) is 0 Å². The molecule has 22 rings (SSSR count). The number of nitrogens with zero attached hydrogens (tertiary/aromatic N) is 9. The van der Waals surface area contributed by atoms with Crippen LogP contribution in [0.2, 0.25) is 0 Å². The highest BCUT2D eigenvalue weighted by Gasteiger charge is 2.52. The Bertz CT molecular complexity index is 5580. The number of aromatic nitrogens is 7. The zero-order valence-corrected chi connectivity index (χ0v) is 46.0. The first-order valence-corrected chi connectivity index (χ1v) is 29.7. The highest BCUT2D eigenvalue weighted by Crippen LogP contribution is 2.47. The number of pyridine rings is 2. The summed E-state index contributed by atoms with van der Waals surface area (Å²) in [6.07, 6.45) is 3.62. The molecule has 12 heteroatoms. The summed E-state index contributed by atoms with van der Waals surface area (Å²) >= 11 is 0. The number of hydrogen-bond acceptors (Lipinski definition) is 6. The summed E-state index contributed by atoms with van der Waals surface area (Å²) in [5.41, 5.74) is 26.0. The molecule has 12 heterocycles. The largest absolute Gasteiger partial charge is 0.312 e. The molecular weight excluding hydrogens is 1050 g/mol. The van der Waals surface area contributed by atoms with E-state index in [2.05, 4.69) is 259 Å². The van der Waals surface area contributed by atoms with E-state index in [0.717, 1.165) is 40.0 Å². The summed E-state index contributed by atoms with van der Waals surface area (Å²) in [4.78, 5) is 25.8. The molecular formula is C74H42B3N9. The predicted octanol–water partition coefficient (Wildman–Crippen LogP) is 10.3. The van der Waals surface area contributed by atoms with Crippen molar-refractivity contribution in [2.75, 3.05) is 9.80 Å². The summed E-state index contributed by atoms with van der Waals surface area (Å²) in [5, 5.41) is 7.56. The summed E-state index contributed by atoms with van der Waals surface area (Å²) in [7, 11) is 0. The molecule has 0 atom stereocenters. The van der Waals surface area contributed by atoms with Crippen molar-refractivity contribution in [3.05, 3.63) is 255 Å². The molecule has 0 spiro atoms. The van der Waals surface area contributed by atoms with Crippen LogP contribution in [0.5, 0.6) is 0 Å². The minimum Gasteiger partial charge on any atom is -0.312 e. The van der Waals surface area contributed by atoms with Gasteiger partial charge in [0.1, 0.15) is 23.3 Å². The molecule has 9 nitrogen and oxygen atoms in total. The zero-order chi connectivity index (χ0) is 55.6. The first-order valence-electron chi connectivity index (χ1n) is 29.7. The lowest BCUT2D eigenvalue weighted by Gasteiger charge is -2.48. The molecule has 0 saturated carbocycles. The van der Waals surface area contributed by atoms with Crippen LogP contribution in [0.3, 0.4) is 0 Å². The fraction of sp³-hybridized carbons (Fsp3) is 0. The average Bonchev–Trinajstić information content (AvgIpc) is 1.11. The number of para-hydroxylation sites is 10. The summed E-state index contributed by atoms with van der Waals surface area (Å²) in [5.74, 6) is 4.67. The van der Waals surface area contributed by atoms with E-state index in [1.54, 1.807) is 0 Å². The first kappa shape index (κ1) is 45.3. The molecule has 6 aromatic heterocycles. The van der Waals surface area contributed by atoms with Crippen molar-refractivity contribution in [1.82, 2.24) is 33.6 Å². The maximum Gasteiger partial charge on any atom is 0.256 e. The third-order valence-electron chi connectivity index (χ3n) is 19.6. The average molecular weight is 1090 g/mol. The Morgan fingerprint density at radius 3 is 1.15 bits per heavy atom. The van der Waals surface area contributed by atoms with E-state index in [-0.39, 0.29) is 20.1 Å². The fourth-order valence-corrected chi connectivity index (χ4v) is 16.4. The second-order valence-electron chi connectivity index (χ2n) is 23.5. The molecule has 6 aliphatic heterocycles. The monoisotopic (exact) mass is 1090 g/mol. The van der Waals surface area contributed by atoms with Gasteiger partial charge in [0.15, 0.2) is 5.82 Å². The Kier molecular flexibility index (Phi) is 8.59. The van der Waals surface area contributed by atoms with Crippen LogP contribution in [0.25, 0.3) is 94.3 Å². The van der Waals surface area contributed by atoms with Crippen LogP contribution in [0.4, 0.5) is 34.3 Å². The molecule has 0 saturated heterocycles. The van der Waals surface area contributed by atoms with E-state index in [4.69, 9.17) is 15.0 Å². The van der Waals surface area contributed by atoms with E-state index in [1.807, 2.05) is 24.5 Å². The lowest BCUT2D eigenvalue weighted by molar-refractivity contribution is 1.00. The van der Waals surface area contributed by atoms with Gasteiger partial charge in [-0.2, -0.15) is 0 Å². The van der Waals surface area contributed by atoms with Crippen LogP contribution < -0.4 is 59.0 Å². The van der Waals surface area contributed by atoms with Crippen LogP contribution in [0, 0.1) is 0 Å². The molecule has 10 aromatic carbocycles. The molecule has 392 valence electrons. The number of anilines is 6. The molecule has 6 aliphatic rings. The predicted molar refractivity (Wildman–Crippen MR) is 356 cm³/mol. The molecule has 0 aliphatic carbocycles. The molecule has 0 radical (unpaired) electrons. The van der Waals surface area contributed by atoms with Crippen molar-refractivity contribution in [3.8, 4) is 28.8 Å². The van der Waals surface area contributed by atoms with Crippen LogP contribution in [-0.4, -0.2) is 53.8 Å².